The first-order valence-electron chi connectivity index (χ1n) is 9.45. The summed E-state index contributed by atoms with van der Waals surface area (Å²) in [5.74, 6) is -0.830. The van der Waals surface area contributed by atoms with Crippen molar-refractivity contribution in [3.05, 3.63) is 54.1 Å². The van der Waals surface area contributed by atoms with Gasteiger partial charge in [0.25, 0.3) is 0 Å². The summed E-state index contributed by atoms with van der Waals surface area (Å²) in [6, 6.07) is 12.3. The Morgan fingerprint density at radius 3 is 2.07 bits per heavy atom. The van der Waals surface area contributed by atoms with Crippen molar-refractivity contribution in [3.8, 4) is 11.5 Å². The van der Waals surface area contributed by atoms with Crippen LogP contribution in [0.5, 0.6) is 11.5 Å². The van der Waals surface area contributed by atoms with Crippen molar-refractivity contribution in [2.75, 3.05) is 6.67 Å². The summed E-state index contributed by atoms with van der Waals surface area (Å²) in [5, 5.41) is 0. The fourth-order valence-electron chi connectivity index (χ4n) is 2.96. The van der Waals surface area contributed by atoms with Crippen LogP contribution in [0.2, 0.25) is 0 Å². The predicted octanol–water partition coefficient (Wildman–Crippen LogP) is 4.97. The normalized spacial score (nSPS) is 18.9. The summed E-state index contributed by atoms with van der Waals surface area (Å²) in [5.41, 5.74) is -0.501. The number of rotatable bonds is 6. The second-order valence-corrected chi connectivity index (χ2v) is 8.01. The van der Waals surface area contributed by atoms with Crippen LogP contribution in [0.15, 0.2) is 48.5 Å². The van der Waals surface area contributed by atoms with Gasteiger partial charge in [0.1, 0.15) is 6.67 Å². The fourth-order valence-corrected chi connectivity index (χ4v) is 2.96. The molecule has 4 nitrogen and oxygen atoms in total. The largest absolute Gasteiger partial charge is 0.573 e. The predicted molar refractivity (Wildman–Crippen MR) is 105 cm³/mol. The van der Waals surface area contributed by atoms with Crippen LogP contribution >= 0.6 is 0 Å². The molecular weight excluding hydrogens is 403 g/mol. The molecule has 0 amide bonds. The van der Waals surface area contributed by atoms with Crippen LogP contribution in [-0.2, 0) is 9.31 Å². The first kappa shape index (κ1) is 22.4. The maximum absolute atomic E-state index is 13.6. The number of hydrogen-bond acceptors (Lipinski definition) is 4. The van der Waals surface area contributed by atoms with Gasteiger partial charge in [0.05, 0.1) is 11.2 Å². The first-order valence-corrected chi connectivity index (χ1v) is 9.45. The van der Waals surface area contributed by atoms with Crippen LogP contribution in [0.3, 0.4) is 0 Å². The Bertz CT molecular complexity index is 855. The molecule has 1 saturated heterocycles. The molecule has 1 heterocycles. The number of hydrogen-bond donors (Lipinski definition) is 0. The third kappa shape index (κ3) is 4.90. The van der Waals surface area contributed by atoms with E-state index in [9.17, 15) is 17.6 Å². The minimum Gasteiger partial charge on any atom is -0.479 e. The number of ether oxygens (including phenoxy) is 2. The van der Waals surface area contributed by atoms with Gasteiger partial charge in [0.15, 0.2) is 17.6 Å². The molecule has 30 heavy (non-hydrogen) atoms. The molecule has 2 aromatic carbocycles. The standard InChI is InChI=1S/C21H23BF4O4/c1-19(2)20(3,4)30-22(29-19)15-10-11-16(17(12-15)28-21(24,25)26)27-18(13-23)14-8-6-5-7-9-14/h5-12,18H,13H2,1-4H3. The molecule has 162 valence electrons. The highest BCUT2D eigenvalue weighted by atomic mass is 19.4. The van der Waals surface area contributed by atoms with Crippen molar-refractivity contribution in [1.82, 2.24) is 0 Å². The van der Waals surface area contributed by atoms with Crippen LogP contribution in [0.25, 0.3) is 0 Å². The Balaban J connectivity index is 1.92. The molecule has 3 rings (SSSR count). The van der Waals surface area contributed by atoms with Crippen LogP contribution in [0, 0.1) is 0 Å². The summed E-state index contributed by atoms with van der Waals surface area (Å²) >= 11 is 0. The Hall–Kier alpha value is -2.26. The zero-order valence-electron chi connectivity index (χ0n) is 17.1. The number of alkyl halides is 4. The second kappa shape index (κ2) is 8.11. The lowest BCUT2D eigenvalue weighted by molar-refractivity contribution is -0.275. The van der Waals surface area contributed by atoms with Crippen molar-refractivity contribution in [1.29, 1.82) is 0 Å². The van der Waals surface area contributed by atoms with E-state index in [4.69, 9.17) is 14.0 Å². The van der Waals surface area contributed by atoms with E-state index in [0.717, 1.165) is 6.07 Å². The van der Waals surface area contributed by atoms with Crippen molar-refractivity contribution in [2.45, 2.75) is 51.4 Å². The number of halogens is 4. The van der Waals surface area contributed by atoms with Crippen LogP contribution in [-0.4, -0.2) is 31.4 Å². The minimum atomic E-state index is -4.95. The average molecular weight is 426 g/mol. The molecule has 1 atom stereocenters. The van der Waals surface area contributed by atoms with Crippen molar-refractivity contribution >= 4 is 12.6 Å². The molecule has 0 saturated carbocycles. The van der Waals surface area contributed by atoms with Gasteiger partial charge in [0, 0.05) is 0 Å². The van der Waals surface area contributed by atoms with E-state index in [-0.39, 0.29) is 5.75 Å². The van der Waals surface area contributed by atoms with Crippen LogP contribution < -0.4 is 14.9 Å². The molecule has 0 spiro atoms. The highest BCUT2D eigenvalue weighted by Crippen LogP contribution is 2.38. The summed E-state index contributed by atoms with van der Waals surface area (Å²) < 4.78 is 74.1. The van der Waals surface area contributed by atoms with E-state index in [1.54, 1.807) is 30.3 Å². The molecule has 1 fully saturated rings. The summed E-state index contributed by atoms with van der Waals surface area (Å²) in [7, 11) is -0.884. The van der Waals surface area contributed by atoms with Gasteiger partial charge in [-0.15, -0.1) is 13.2 Å². The van der Waals surface area contributed by atoms with Crippen molar-refractivity contribution in [3.63, 3.8) is 0 Å². The molecule has 0 aliphatic carbocycles. The first-order chi connectivity index (χ1) is 13.9. The maximum Gasteiger partial charge on any atom is 0.573 e. The lowest BCUT2D eigenvalue weighted by Gasteiger charge is -2.32. The molecule has 1 aliphatic rings. The van der Waals surface area contributed by atoms with Gasteiger partial charge in [-0.2, -0.15) is 0 Å². The molecule has 1 unspecified atom stereocenters. The summed E-state index contributed by atoms with van der Waals surface area (Å²) in [6.45, 7) is 6.42. The Morgan fingerprint density at radius 1 is 0.933 bits per heavy atom. The van der Waals surface area contributed by atoms with E-state index in [2.05, 4.69) is 4.74 Å². The Morgan fingerprint density at radius 2 is 1.53 bits per heavy atom. The molecule has 1 aliphatic heterocycles. The molecule has 9 heteroatoms. The second-order valence-electron chi connectivity index (χ2n) is 8.01. The van der Waals surface area contributed by atoms with Gasteiger partial charge in [-0.25, -0.2) is 4.39 Å². The van der Waals surface area contributed by atoms with Gasteiger partial charge in [-0.1, -0.05) is 36.4 Å². The molecule has 0 aromatic heterocycles. The third-order valence-corrected chi connectivity index (χ3v) is 5.30. The number of benzene rings is 2. The van der Waals surface area contributed by atoms with Crippen LogP contribution in [0.1, 0.15) is 39.4 Å². The zero-order chi connectivity index (χ0) is 22.2. The van der Waals surface area contributed by atoms with Gasteiger partial charge in [-0.05, 0) is 50.9 Å². The molecule has 0 radical (unpaired) electrons. The van der Waals surface area contributed by atoms with E-state index in [1.165, 1.54) is 12.1 Å². The smallest absolute Gasteiger partial charge is 0.479 e. The molecular formula is C21H23BF4O4. The average Bonchev–Trinajstić information content (AvgIpc) is 2.87. The fraction of sp³-hybridized carbons (Fsp3) is 0.429. The topological polar surface area (TPSA) is 36.9 Å². The van der Waals surface area contributed by atoms with Gasteiger partial charge >= 0.3 is 13.5 Å². The molecule has 0 N–H and O–H groups in total. The lowest BCUT2D eigenvalue weighted by Crippen LogP contribution is -2.41. The van der Waals surface area contributed by atoms with Crippen molar-refractivity contribution in [2.24, 2.45) is 0 Å². The molecule has 0 bridgehead atoms. The quantitative estimate of drug-likeness (QED) is 0.483. The zero-order valence-corrected chi connectivity index (χ0v) is 17.1. The third-order valence-electron chi connectivity index (χ3n) is 5.30. The lowest BCUT2D eigenvalue weighted by atomic mass is 9.79. The molecule has 2 aromatic rings. The van der Waals surface area contributed by atoms with Crippen molar-refractivity contribution < 1.29 is 36.3 Å². The Kier molecular flexibility index (Phi) is 6.07. The summed E-state index contributed by atoms with van der Waals surface area (Å²) in [4.78, 5) is 0. The van der Waals surface area contributed by atoms with E-state index >= 15 is 0 Å². The SMILES string of the molecule is CC1(C)OB(c2ccc(OC(CF)c3ccccc3)c(OC(F)(F)F)c2)OC1(C)C. The van der Waals surface area contributed by atoms with E-state index < -0.39 is 43.2 Å². The summed E-state index contributed by atoms with van der Waals surface area (Å²) in [6.07, 6.45) is -6.03. The van der Waals surface area contributed by atoms with E-state index in [0.29, 0.717) is 11.0 Å². The monoisotopic (exact) mass is 426 g/mol. The Labute approximate surface area is 173 Å². The highest BCUT2D eigenvalue weighted by Gasteiger charge is 2.52. The van der Waals surface area contributed by atoms with Gasteiger partial charge in [0.2, 0.25) is 0 Å². The van der Waals surface area contributed by atoms with Gasteiger partial charge < -0.3 is 18.8 Å². The van der Waals surface area contributed by atoms with E-state index in [1.807, 2.05) is 27.7 Å². The highest BCUT2D eigenvalue weighted by molar-refractivity contribution is 6.62. The van der Waals surface area contributed by atoms with Crippen LogP contribution in [0.4, 0.5) is 17.6 Å². The minimum absolute atomic E-state index is 0.237. The maximum atomic E-state index is 13.6. The van der Waals surface area contributed by atoms with Gasteiger partial charge in [-0.3, -0.25) is 0 Å².